The lowest BCUT2D eigenvalue weighted by Gasteiger charge is -2.35. The molecule has 2 saturated heterocycles. The second kappa shape index (κ2) is 8.93. The summed E-state index contributed by atoms with van der Waals surface area (Å²) in [5, 5.41) is 0. The predicted molar refractivity (Wildman–Crippen MR) is 105 cm³/mol. The van der Waals surface area contributed by atoms with Crippen LogP contribution >= 0.6 is 0 Å². The number of ether oxygens (including phenoxy) is 3. The number of nitrogens with zero attached hydrogens (tertiary/aromatic N) is 2. The highest BCUT2D eigenvalue weighted by Crippen LogP contribution is 2.29. The fourth-order valence-corrected chi connectivity index (χ4v) is 3.62. The number of piperazine rings is 1. The molecule has 150 valence electrons. The molecule has 2 fully saturated rings. The van der Waals surface area contributed by atoms with Crippen molar-refractivity contribution in [1.82, 2.24) is 4.90 Å². The maximum Gasteiger partial charge on any atom is 0.219 e. The van der Waals surface area contributed by atoms with Crippen LogP contribution in [0, 0.1) is 0 Å². The van der Waals surface area contributed by atoms with Gasteiger partial charge < -0.3 is 24.0 Å². The Bertz CT molecular complexity index is 613. The lowest BCUT2D eigenvalue weighted by Crippen LogP contribution is -2.48. The van der Waals surface area contributed by atoms with Gasteiger partial charge in [0.15, 0.2) is 5.79 Å². The normalized spacial score (nSPS) is 25.7. The fourth-order valence-electron chi connectivity index (χ4n) is 3.62. The van der Waals surface area contributed by atoms with E-state index in [2.05, 4.69) is 24.0 Å². The van der Waals surface area contributed by atoms with Crippen LogP contribution in [0.15, 0.2) is 24.3 Å². The molecule has 2 unspecified atom stereocenters. The summed E-state index contributed by atoms with van der Waals surface area (Å²) < 4.78 is 17.8. The van der Waals surface area contributed by atoms with E-state index >= 15 is 0 Å². The van der Waals surface area contributed by atoms with Gasteiger partial charge in [0, 0.05) is 45.2 Å². The Morgan fingerprint density at radius 3 is 2.56 bits per heavy atom. The SMILES string of the molecule is CCCCC1(C)OCC(COc2ccc(N3CCN(C(C)=O)CC3)cc2)O1. The van der Waals surface area contributed by atoms with Crippen molar-refractivity contribution in [1.29, 1.82) is 0 Å². The van der Waals surface area contributed by atoms with Crippen molar-refractivity contribution in [3.05, 3.63) is 24.3 Å². The lowest BCUT2D eigenvalue weighted by atomic mass is 10.1. The molecule has 0 aromatic heterocycles. The number of benzene rings is 1. The van der Waals surface area contributed by atoms with Gasteiger partial charge in [-0.05, 0) is 37.6 Å². The summed E-state index contributed by atoms with van der Waals surface area (Å²) in [7, 11) is 0. The van der Waals surface area contributed by atoms with Crippen LogP contribution in [0.1, 0.15) is 40.0 Å². The standard InChI is InChI=1S/C21H32N2O4/c1-4-5-10-21(3)26-16-20(27-21)15-25-19-8-6-18(7-9-19)23-13-11-22(12-14-23)17(2)24/h6-9,20H,4-5,10-16H2,1-3H3. The largest absolute Gasteiger partial charge is 0.491 e. The molecule has 27 heavy (non-hydrogen) atoms. The molecule has 2 aliphatic rings. The van der Waals surface area contributed by atoms with Gasteiger partial charge in [0.2, 0.25) is 5.91 Å². The molecule has 1 amide bonds. The van der Waals surface area contributed by atoms with Gasteiger partial charge >= 0.3 is 0 Å². The van der Waals surface area contributed by atoms with Gasteiger partial charge in [-0.15, -0.1) is 0 Å². The van der Waals surface area contributed by atoms with Gasteiger partial charge in [0.25, 0.3) is 0 Å². The van der Waals surface area contributed by atoms with Gasteiger partial charge in [-0.1, -0.05) is 13.3 Å². The van der Waals surface area contributed by atoms with Crippen LogP contribution in [-0.2, 0) is 14.3 Å². The first kappa shape index (κ1) is 20.0. The zero-order valence-corrected chi connectivity index (χ0v) is 16.8. The number of rotatable bonds is 7. The number of hydrogen-bond acceptors (Lipinski definition) is 5. The average Bonchev–Trinajstić information content (AvgIpc) is 3.07. The molecule has 0 spiro atoms. The predicted octanol–water partition coefficient (Wildman–Crippen LogP) is 3.06. The minimum atomic E-state index is -0.462. The van der Waals surface area contributed by atoms with Crippen molar-refractivity contribution in [3.63, 3.8) is 0 Å². The summed E-state index contributed by atoms with van der Waals surface area (Å²) in [5.74, 6) is 0.532. The third kappa shape index (κ3) is 5.36. The van der Waals surface area contributed by atoms with Crippen molar-refractivity contribution in [2.45, 2.75) is 51.9 Å². The van der Waals surface area contributed by atoms with Crippen molar-refractivity contribution in [2.24, 2.45) is 0 Å². The molecule has 0 bridgehead atoms. The molecular formula is C21H32N2O4. The Labute approximate surface area is 162 Å². The Kier molecular flexibility index (Phi) is 6.60. The summed E-state index contributed by atoms with van der Waals surface area (Å²) in [6.07, 6.45) is 3.14. The van der Waals surface area contributed by atoms with Gasteiger partial charge in [-0.2, -0.15) is 0 Å². The number of carbonyl (C=O) groups excluding carboxylic acids is 1. The molecule has 0 N–H and O–H groups in total. The summed E-state index contributed by atoms with van der Waals surface area (Å²) >= 11 is 0. The number of amides is 1. The number of unbranched alkanes of at least 4 members (excludes halogenated alkanes) is 1. The Morgan fingerprint density at radius 1 is 1.22 bits per heavy atom. The van der Waals surface area contributed by atoms with Crippen LogP contribution in [-0.4, -0.2) is 62.1 Å². The molecule has 3 rings (SSSR count). The minimum Gasteiger partial charge on any atom is -0.491 e. The summed E-state index contributed by atoms with van der Waals surface area (Å²) in [4.78, 5) is 15.6. The van der Waals surface area contributed by atoms with E-state index < -0.39 is 5.79 Å². The molecule has 0 saturated carbocycles. The average molecular weight is 376 g/mol. The summed E-state index contributed by atoms with van der Waals surface area (Å²) in [6.45, 7) is 10.2. The summed E-state index contributed by atoms with van der Waals surface area (Å²) in [6, 6.07) is 8.16. The molecule has 0 radical (unpaired) electrons. The molecule has 2 heterocycles. The second-order valence-corrected chi connectivity index (χ2v) is 7.59. The molecular weight excluding hydrogens is 344 g/mol. The third-order valence-corrected chi connectivity index (χ3v) is 5.34. The molecule has 1 aromatic carbocycles. The number of carbonyl (C=O) groups is 1. The van der Waals surface area contributed by atoms with E-state index in [-0.39, 0.29) is 12.0 Å². The number of anilines is 1. The van der Waals surface area contributed by atoms with Crippen molar-refractivity contribution in [2.75, 3.05) is 44.3 Å². The Morgan fingerprint density at radius 2 is 1.93 bits per heavy atom. The van der Waals surface area contributed by atoms with Crippen LogP contribution in [0.2, 0.25) is 0 Å². The molecule has 2 atom stereocenters. The maximum absolute atomic E-state index is 11.4. The van der Waals surface area contributed by atoms with Gasteiger partial charge in [0.05, 0.1) is 6.61 Å². The maximum atomic E-state index is 11.4. The van der Waals surface area contributed by atoms with E-state index in [1.165, 1.54) is 0 Å². The first-order chi connectivity index (χ1) is 13.0. The second-order valence-electron chi connectivity index (χ2n) is 7.59. The highest BCUT2D eigenvalue weighted by Gasteiger charge is 2.36. The van der Waals surface area contributed by atoms with E-state index in [1.54, 1.807) is 6.92 Å². The van der Waals surface area contributed by atoms with Crippen LogP contribution < -0.4 is 9.64 Å². The van der Waals surface area contributed by atoms with E-state index in [0.29, 0.717) is 13.2 Å². The van der Waals surface area contributed by atoms with E-state index in [1.807, 2.05) is 24.0 Å². The third-order valence-electron chi connectivity index (χ3n) is 5.34. The van der Waals surface area contributed by atoms with Crippen molar-refractivity contribution >= 4 is 11.6 Å². The molecule has 1 aromatic rings. The monoisotopic (exact) mass is 376 g/mol. The van der Waals surface area contributed by atoms with Crippen LogP contribution in [0.25, 0.3) is 0 Å². The quantitative estimate of drug-likeness (QED) is 0.732. The topological polar surface area (TPSA) is 51.2 Å². The molecule has 6 heteroatoms. The Hall–Kier alpha value is -1.79. The van der Waals surface area contributed by atoms with Crippen molar-refractivity contribution < 1.29 is 19.0 Å². The zero-order chi connectivity index (χ0) is 19.3. The van der Waals surface area contributed by atoms with Crippen LogP contribution in [0.5, 0.6) is 5.75 Å². The Balaban J connectivity index is 1.44. The van der Waals surface area contributed by atoms with Crippen LogP contribution in [0.4, 0.5) is 5.69 Å². The lowest BCUT2D eigenvalue weighted by molar-refractivity contribution is -0.161. The van der Waals surface area contributed by atoms with E-state index in [4.69, 9.17) is 14.2 Å². The van der Waals surface area contributed by atoms with Gasteiger partial charge in [0.1, 0.15) is 18.5 Å². The zero-order valence-electron chi connectivity index (χ0n) is 16.8. The van der Waals surface area contributed by atoms with E-state index in [0.717, 1.165) is 56.9 Å². The molecule has 2 aliphatic heterocycles. The minimum absolute atomic E-state index is 0.0220. The number of hydrogen-bond donors (Lipinski definition) is 0. The first-order valence-electron chi connectivity index (χ1n) is 10.0. The smallest absolute Gasteiger partial charge is 0.219 e. The first-order valence-corrected chi connectivity index (χ1v) is 10.0. The van der Waals surface area contributed by atoms with Gasteiger partial charge in [-0.3, -0.25) is 4.79 Å². The van der Waals surface area contributed by atoms with E-state index in [9.17, 15) is 4.79 Å². The highest BCUT2D eigenvalue weighted by atomic mass is 16.7. The highest BCUT2D eigenvalue weighted by molar-refractivity contribution is 5.73. The molecule has 6 nitrogen and oxygen atoms in total. The van der Waals surface area contributed by atoms with Crippen molar-refractivity contribution in [3.8, 4) is 5.75 Å². The van der Waals surface area contributed by atoms with Crippen LogP contribution in [0.3, 0.4) is 0 Å². The molecule has 0 aliphatic carbocycles. The summed E-state index contributed by atoms with van der Waals surface area (Å²) in [5.41, 5.74) is 1.16. The van der Waals surface area contributed by atoms with Gasteiger partial charge in [-0.25, -0.2) is 0 Å². The fraction of sp³-hybridized carbons (Fsp3) is 0.667.